The number of anilines is 1. The molecule has 0 fully saturated rings. The highest BCUT2D eigenvalue weighted by Crippen LogP contribution is 2.36. The summed E-state index contributed by atoms with van der Waals surface area (Å²) in [4.78, 5) is 22.5. The number of hydrogen-bond donors (Lipinski definition) is 0. The largest absolute Gasteiger partial charge is 0.479 e. The Kier molecular flexibility index (Phi) is 3.12. The second-order valence-electron chi connectivity index (χ2n) is 5.45. The van der Waals surface area contributed by atoms with Gasteiger partial charge in [-0.2, -0.15) is 0 Å². The van der Waals surface area contributed by atoms with Crippen LogP contribution < -0.4 is 9.64 Å². The van der Waals surface area contributed by atoms with Crippen LogP contribution in [-0.2, 0) is 4.79 Å². The number of carbonyl (C=O) groups is 1. The van der Waals surface area contributed by atoms with Crippen LogP contribution in [-0.4, -0.2) is 33.4 Å². The number of likely N-dealkylation sites (N-methyl/N-ethyl adjacent to an activating group) is 1. The van der Waals surface area contributed by atoms with E-state index < -0.39 is 6.10 Å². The second kappa shape index (κ2) is 5.06. The van der Waals surface area contributed by atoms with Gasteiger partial charge in [0.25, 0.3) is 5.91 Å². The Balaban J connectivity index is 1.81. The van der Waals surface area contributed by atoms with Gasteiger partial charge >= 0.3 is 0 Å². The first-order valence-electron chi connectivity index (χ1n) is 7.12. The molecule has 1 atom stereocenters. The molecule has 0 spiro atoms. The van der Waals surface area contributed by atoms with Gasteiger partial charge in [0, 0.05) is 31.2 Å². The van der Waals surface area contributed by atoms with Crippen LogP contribution in [0.1, 0.15) is 6.92 Å². The zero-order valence-corrected chi connectivity index (χ0v) is 14.1. The van der Waals surface area contributed by atoms with Crippen molar-refractivity contribution in [1.82, 2.24) is 14.4 Å². The predicted molar refractivity (Wildman–Crippen MR) is 89.6 cm³/mol. The Morgan fingerprint density at radius 1 is 1.30 bits per heavy atom. The normalized spacial score (nSPS) is 17.3. The Bertz CT molecular complexity index is 937. The average Bonchev–Trinajstić information content (AvgIpc) is 2.95. The van der Waals surface area contributed by atoms with Gasteiger partial charge in [0.05, 0.1) is 15.9 Å². The Morgan fingerprint density at radius 3 is 2.96 bits per heavy atom. The van der Waals surface area contributed by atoms with Gasteiger partial charge in [-0.1, -0.05) is 0 Å². The molecule has 1 aliphatic rings. The summed E-state index contributed by atoms with van der Waals surface area (Å²) in [7, 11) is 1.76. The van der Waals surface area contributed by atoms with Crippen LogP contribution in [0.5, 0.6) is 5.75 Å². The van der Waals surface area contributed by atoms with E-state index in [0.717, 1.165) is 21.4 Å². The molecule has 0 saturated carbocycles. The zero-order valence-electron chi connectivity index (χ0n) is 12.5. The van der Waals surface area contributed by atoms with E-state index in [1.165, 1.54) is 0 Å². The number of rotatable bonds is 1. The van der Waals surface area contributed by atoms with E-state index in [1.54, 1.807) is 25.1 Å². The SMILES string of the molecule is CC1Oc2ccc(-c3cn4cc(Br)cnc4n3)cc2N(C)C1=O. The van der Waals surface area contributed by atoms with Crippen LogP contribution in [0.3, 0.4) is 0 Å². The monoisotopic (exact) mass is 372 g/mol. The summed E-state index contributed by atoms with van der Waals surface area (Å²) in [6.45, 7) is 1.75. The van der Waals surface area contributed by atoms with Gasteiger partial charge in [0.1, 0.15) is 5.75 Å². The van der Waals surface area contributed by atoms with Crippen molar-refractivity contribution >= 4 is 33.3 Å². The van der Waals surface area contributed by atoms with E-state index in [9.17, 15) is 4.79 Å². The van der Waals surface area contributed by atoms with Crippen LogP contribution in [0.4, 0.5) is 5.69 Å². The van der Waals surface area contributed by atoms with Gasteiger partial charge in [-0.3, -0.25) is 9.20 Å². The van der Waals surface area contributed by atoms with E-state index >= 15 is 0 Å². The third-order valence-corrected chi connectivity index (χ3v) is 4.29. The first-order chi connectivity index (χ1) is 11.0. The Hall–Kier alpha value is -2.41. The summed E-state index contributed by atoms with van der Waals surface area (Å²) in [6.07, 6.45) is 5.05. The molecule has 23 heavy (non-hydrogen) atoms. The summed E-state index contributed by atoms with van der Waals surface area (Å²) in [5.74, 6) is 1.26. The maximum atomic E-state index is 12.1. The fourth-order valence-electron chi connectivity index (χ4n) is 2.67. The number of fused-ring (bicyclic) bond motifs is 2. The topological polar surface area (TPSA) is 59.7 Å². The first kappa shape index (κ1) is 14.2. The standard InChI is InChI=1S/C16H13BrN4O2/c1-9-15(22)20(2)13-5-10(3-4-14(13)23-9)12-8-21-7-11(17)6-18-16(21)19-12/h3-9H,1-2H3. The number of nitrogens with zero attached hydrogens (tertiary/aromatic N) is 4. The zero-order chi connectivity index (χ0) is 16.1. The molecule has 0 N–H and O–H groups in total. The molecule has 1 amide bonds. The predicted octanol–water partition coefficient (Wildman–Crippen LogP) is 2.90. The number of benzene rings is 1. The van der Waals surface area contributed by atoms with E-state index in [0.29, 0.717) is 11.5 Å². The van der Waals surface area contributed by atoms with Crippen molar-refractivity contribution in [3.05, 3.63) is 41.3 Å². The lowest BCUT2D eigenvalue weighted by molar-refractivity contribution is -0.125. The van der Waals surface area contributed by atoms with Crippen molar-refractivity contribution in [1.29, 1.82) is 0 Å². The van der Waals surface area contributed by atoms with Gasteiger partial charge < -0.3 is 9.64 Å². The van der Waals surface area contributed by atoms with Crippen molar-refractivity contribution in [2.24, 2.45) is 0 Å². The highest BCUT2D eigenvalue weighted by Gasteiger charge is 2.29. The van der Waals surface area contributed by atoms with Crippen molar-refractivity contribution < 1.29 is 9.53 Å². The number of aromatic nitrogens is 3. The molecule has 6 nitrogen and oxygen atoms in total. The molecule has 1 aliphatic heterocycles. The van der Waals surface area contributed by atoms with Gasteiger partial charge in [0.2, 0.25) is 5.78 Å². The molecule has 0 saturated heterocycles. The second-order valence-corrected chi connectivity index (χ2v) is 6.36. The van der Waals surface area contributed by atoms with Crippen molar-refractivity contribution in [3.8, 4) is 17.0 Å². The van der Waals surface area contributed by atoms with Crippen LogP contribution in [0.15, 0.2) is 41.3 Å². The number of halogens is 1. The third kappa shape index (κ3) is 2.28. The van der Waals surface area contributed by atoms with Gasteiger partial charge in [-0.05, 0) is 41.1 Å². The molecule has 1 aromatic carbocycles. The first-order valence-corrected chi connectivity index (χ1v) is 7.91. The molecular weight excluding hydrogens is 360 g/mol. The lowest BCUT2D eigenvalue weighted by Crippen LogP contribution is -2.41. The van der Waals surface area contributed by atoms with E-state index in [1.807, 2.05) is 35.0 Å². The highest BCUT2D eigenvalue weighted by molar-refractivity contribution is 9.10. The molecule has 3 heterocycles. The van der Waals surface area contributed by atoms with Crippen LogP contribution >= 0.6 is 15.9 Å². The van der Waals surface area contributed by atoms with Crippen LogP contribution in [0.25, 0.3) is 17.0 Å². The average molecular weight is 373 g/mol. The lowest BCUT2D eigenvalue weighted by atomic mass is 10.1. The number of imidazole rings is 1. The van der Waals surface area contributed by atoms with Gasteiger partial charge in [-0.25, -0.2) is 9.97 Å². The number of ether oxygens (including phenoxy) is 1. The molecule has 116 valence electrons. The Labute approximate surface area is 140 Å². The lowest BCUT2D eigenvalue weighted by Gasteiger charge is -2.30. The van der Waals surface area contributed by atoms with Gasteiger partial charge in [0.15, 0.2) is 6.10 Å². The summed E-state index contributed by atoms with van der Waals surface area (Å²) >= 11 is 3.40. The molecular formula is C16H13BrN4O2. The molecule has 0 bridgehead atoms. The van der Waals surface area contributed by atoms with E-state index in [-0.39, 0.29) is 5.91 Å². The summed E-state index contributed by atoms with van der Waals surface area (Å²) in [5.41, 5.74) is 2.44. The number of hydrogen-bond acceptors (Lipinski definition) is 4. The fraction of sp³-hybridized carbons (Fsp3) is 0.188. The molecule has 7 heteroatoms. The van der Waals surface area contributed by atoms with E-state index in [2.05, 4.69) is 25.9 Å². The van der Waals surface area contributed by atoms with Crippen LogP contribution in [0, 0.1) is 0 Å². The molecule has 1 unspecified atom stereocenters. The van der Waals surface area contributed by atoms with Gasteiger partial charge in [-0.15, -0.1) is 0 Å². The van der Waals surface area contributed by atoms with Crippen molar-refractivity contribution in [2.45, 2.75) is 13.0 Å². The maximum Gasteiger partial charge on any atom is 0.267 e. The fourth-order valence-corrected chi connectivity index (χ4v) is 2.99. The van der Waals surface area contributed by atoms with Crippen molar-refractivity contribution in [2.75, 3.05) is 11.9 Å². The molecule has 0 radical (unpaired) electrons. The van der Waals surface area contributed by atoms with Crippen LogP contribution in [0.2, 0.25) is 0 Å². The molecule has 4 rings (SSSR count). The third-order valence-electron chi connectivity index (χ3n) is 3.88. The minimum atomic E-state index is -0.463. The molecule has 3 aromatic rings. The molecule has 0 aliphatic carbocycles. The number of amides is 1. The quantitative estimate of drug-likeness (QED) is 0.658. The maximum absolute atomic E-state index is 12.1. The minimum absolute atomic E-state index is 0.0600. The van der Waals surface area contributed by atoms with E-state index in [4.69, 9.17) is 4.74 Å². The minimum Gasteiger partial charge on any atom is -0.479 e. The summed E-state index contributed by atoms with van der Waals surface area (Å²) < 4.78 is 8.38. The number of carbonyl (C=O) groups excluding carboxylic acids is 1. The summed E-state index contributed by atoms with van der Waals surface area (Å²) in [6, 6.07) is 5.72. The smallest absolute Gasteiger partial charge is 0.267 e. The Morgan fingerprint density at radius 2 is 2.13 bits per heavy atom. The highest BCUT2D eigenvalue weighted by atomic mass is 79.9. The molecule has 2 aromatic heterocycles. The summed E-state index contributed by atoms with van der Waals surface area (Å²) in [5, 5.41) is 0. The van der Waals surface area contributed by atoms with Crippen molar-refractivity contribution in [3.63, 3.8) is 0 Å².